The molecule has 2 amide bonds. The Labute approximate surface area is 286 Å². The topological polar surface area (TPSA) is 85.7 Å². The van der Waals surface area contributed by atoms with Gasteiger partial charge in [-0.3, -0.25) is 14.3 Å². The van der Waals surface area contributed by atoms with E-state index in [9.17, 15) is 9.59 Å². The smallest absolute Gasteiger partial charge is 0.251 e. The summed E-state index contributed by atoms with van der Waals surface area (Å²) in [7, 11) is 6.09. The van der Waals surface area contributed by atoms with Crippen molar-refractivity contribution in [2.24, 2.45) is 0 Å². The molecule has 3 aromatic carbocycles. The maximum atomic E-state index is 15.2. The zero-order chi connectivity index (χ0) is 34.4. The van der Waals surface area contributed by atoms with Crippen molar-refractivity contribution in [3.05, 3.63) is 94.0 Å². The number of fused-ring (bicyclic) bond motifs is 1. The molecule has 5 rings (SSSR count). The van der Waals surface area contributed by atoms with E-state index in [0.29, 0.717) is 61.5 Å². The van der Waals surface area contributed by atoms with Crippen LogP contribution in [0.5, 0.6) is 11.5 Å². The summed E-state index contributed by atoms with van der Waals surface area (Å²) in [6, 6.07) is 14.4. The highest BCUT2D eigenvalue weighted by atomic mass is 35.5. The number of nitrogens with zero attached hydrogens (tertiary/aromatic N) is 4. The Kier molecular flexibility index (Phi) is 11.1. The number of carbonyl (C=O) groups is 2. The summed E-state index contributed by atoms with van der Waals surface area (Å²) in [5, 5.41) is 7.43. The van der Waals surface area contributed by atoms with Crippen LogP contribution in [0.25, 0.3) is 11.1 Å². The van der Waals surface area contributed by atoms with E-state index < -0.39 is 5.82 Å². The van der Waals surface area contributed by atoms with Crippen molar-refractivity contribution in [3.63, 3.8) is 0 Å². The van der Waals surface area contributed by atoms with E-state index in [0.717, 1.165) is 29.0 Å². The van der Waals surface area contributed by atoms with Gasteiger partial charge in [-0.15, -0.1) is 0 Å². The van der Waals surface area contributed by atoms with Crippen molar-refractivity contribution in [2.45, 2.75) is 39.7 Å². The predicted octanol–water partition coefficient (Wildman–Crippen LogP) is 6.42. The number of para-hydroxylation sites is 1. The van der Waals surface area contributed by atoms with Gasteiger partial charge < -0.3 is 24.2 Å². The number of aryl methyl sites for hydroxylation is 1. The Morgan fingerprint density at radius 3 is 2.69 bits per heavy atom. The van der Waals surface area contributed by atoms with Crippen LogP contribution in [-0.4, -0.2) is 80.1 Å². The summed E-state index contributed by atoms with van der Waals surface area (Å²) < 4.78 is 29.7. The molecule has 4 aromatic rings. The van der Waals surface area contributed by atoms with Gasteiger partial charge in [-0.2, -0.15) is 5.10 Å². The fourth-order valence-corrected chi connectivity index (χ4v) is 5.82. The minimum Gasteiger partial charge on any atom is -0.493 e. The van der Waals surface area contributed by atoms with E-state index in [1.165, 1.54) is 17.7 Å². The minimum atomic E-state index is -0.582. The van der Waals surface area contributed by atoms with Crippen LogP contribution in [0, 0.1) is 19.7 Å². The van der Waals surface area contributed by atoms with Gasteiger partial charge in [0.05, 0.1) is 65.9 Å². The Hall–Kier alpha value is -4.41. The molecular weight excluding hydrogens is 633 g/mol. The SMILES string of the molecule is Cc1cccc(OCCCC(=O)N2CCCOc3c(-c4cnn(Cc5c(F)cc(C(=O)NCC[N+](C)(C)C)cc5Cl)c4)cccc32)c1C. The second kappa shape index (κ2) is 15.2. The number of aromatic nitrogens is 2. The fraction of sp³-hybridized carbons (Fsp3) is 0.378. The van der Waals surface area contributed by atoms with Gasteiger partial charge >= 0.3 is 0 Å². The minimum absolute atomic E-state index is 0.00905. The molecule has 2 heterocycles. The van der Waals surface area contributed by atoms with Crippen molar-refractivity contribution in [2.75, 3.05) is 58.9 Å². The number of benzene rings is 3. The Morgan fingerprint density at radius 1 is 1.12 bits per heavy atom. The molecule has 0 radical (unpaired) electrons. The molecule has 0 bridgehead atoms. The molecule has 1 aliphatic heterocycles. The maximum Gasteiger partial charge on any atom is 0.251 e. The van der Waals surface area contributed by atoms with Gasteiger partial charge in [0.1, 0.15) is 11.6 Å². The van der Waals surface area contributed by atoms with Gasteiger partial charge in [0.15, 0.2) is 5.75 Å². The maximum absolute atomic E-state index is 15.2. The quantitative estimate of drug-likeness (QED) is 0.138. The number of ether oxygens (including phenoxy) is 2. The number of nitrogens with one attached hydrogen (secondary N) is 1. The van der Waals surface area contributed by atoms with Gasteiger partial charge in [0.2, 0.25) is 5.91 Å². The van der Waals surface area contributed by atoms with Crippen LogP contribution in [0.4, 0.5) is 10.1 Å². The van der Waals surface area contributed by atoms with Crippen molar-refractivity contribution in [1.82, 2.24) is 15.1 Å². The molecular formula is C37H44ClFN5O4+. The number of quaternary nitrogens is 1. The van der Waals surface area contributed by atoms with Crippen LogP contribution in [0.3, 0.4) is 0 Å². The lowest BCUT2D eigenvalue weighted by Crippen LogP contribution is -2.41. The van der Waals surface area contributed by atoms with Crippen LogP contribution in [0.15, 0.2) is 60.9 Å². The highest BCUT2D eigenvalue weighted by molar-refractivity contribution is 6.31. The van der Waals surface area contributed by atoms with Crippen LogP contribution < -0.4 is 19.7 Å². The zero-order valence-electron chi connectivity index (χ0n) is 28.3. The molecule has 0 fully saturated rings. The number of hydrogen-bond acceptors (Lipinski definition) is 5. The summed E-state index contributed by atoms with van der Waals surface area (Å²) in [6.45, 7) is 6.81. The molecule has 1 aliphatic rings. The Bertz CT molecular complexity index is 1760. The number of amides is 2. The number of likely N-dealkylation sites (N-methyl/N-ethyl adjacent to an activating group) is 1. The average molecular weight is 677 g/mol. The van der Waals surface area contributed by atoms with Crippen LogP contribution in [-0.2, 0) is 11.3 Å². The summed E-state index contributed by atoms with van der Waals surface area (Å²) >= 11 is 6.48. The average Bonchev–Trinajstić information content (AvgIpc) is 3.39. The van der Waals surface area contributed by atoms with Gasteiger partial charge in [-0.05, 0) is 62.1 Å². The Balaban J connectivity index is 1.26. The molecule has 0 aliphatic carbocycles. The van der Waals surface area contributed by atoms with Crippen molar-refractivity contribution < 1.29 is 27.9 Å². The first-order valence-corrected chi connectivity index (χ1v) is 16.6. The van der Waals surface area contributed by atoms with Crippen LogP contribution in [0.1, 0.15) is 46.3 Å². The third kappa shape index (κ3) is 8.54. The molecule has 0 saturated heterocycles. The number of rotatable bonds is 12. The number of carbonyl (C=O) groups excluding carboxylic acids is 2. The van der Waals surface area contributed by atoms with E-state index >= 15 is 4.39 Å². The summed E-state index contributed by atoms with van der Waals surface area (Å²) in [5.41, 5.74) is 4.93. The number of halogens is 2. The first-order chi connectivity index (χ1) is 22.9. The van der Waals surface area contributed by atoms with Crippen LogP contribution in [0.2, 0.25) is 5.02 Å². The lowest BCUT2D eigenvalue weighted by Gasteiger charge is -2.23. The van der Waals surface area contributed by atoms with E-state index in [2.05, 4.69) is 23.4 Å². The second-order valence-corrected chi connectivity index (χ2v) is 13.6. The third-order valence-corrected chi connectivity index (χ3v) is 8.78. The zero-order valence-corrected chi connectivity index (χ0v) is 29.1. The molecule has 0 unspecified atom stereocenters. The summed E-state index contributed by atoms with van der Waals surface area (Å²) in [4.78, 5) is 27.9. The predicted molar refractivity (Wildman–Crippen MR) is 187 cm³/mol. The summed E-state index contributed by atoms with van der Waals surface area (Å²) in [6.07, 6.45) is 5.10. The first kappa shape index (κ1) is 34.9. The van der Waals surface area contributed by atoms with Gasteiger partial charge in [0.25, 0.3) is 5.91 Å². The highest BCUT2D eigenvalue weighted by Gasteiger charge is 2.25. The van der Waals surface area contributed by atoms with Crippen molar-refractivity contribution in [1.29, 1.82) is 0 Å². The lowest BCUT2D eigenvalue weighted by atomic mass is 10.1. The normalized spacial score (nSPS) is 13.0. The summed E-state index contributed by atoms with van der Waals surface area (Å²) in [5.74, 6) is 0.508. The molecule has 9 nitrogen and oxygen atoms in total. The van der Waals surface area contributed by atoms with E-state index in [1.54, 1.807) is 22.0 Å². The van der Waals surface area contributed by atoms with Crippen molar-refractivity contribution >= 4 is 29.1 Å². The number of hydrogen-bond donors (Lipinski definition) is 1. The van der Waals surface area contributed by atoms with Gasteiger partial charge in [0, 0.05) is 46.4 Å². The number of anilines is 1. The standard InChI is InChI=1S/C37H43ClFN5O4/c1-25-10-6-13-34(26(25)2)47-18-8-14-35(45)43-16-9-19-48-36-29(11-7-12-33(36)43)28-22-41-42(23-28)24-30-31(38)20-27(21-32(30)39)37(46)40-15-17-44(3,4)5/h6-7,10-13,20-23H,8-9,14-19,24H2,1-5H3/p+1. The Morgan fingerprint density at radius 2 is 1.92 bits per heavy atom. The van der Waals surface area contributed by atoms with Gasteiger partial charge in [-0.25, -0.2) is 4.39 Å². The molecule has 0 saturated carbocycles. The van der Waals surface area contributed by atoms with Crippen molar-refractivity contribution in [3.8, 4) is 22.6 Å². The second-order valence-electron chi connectivity index (χ2n) is 13.2. The molecule has 254 valence electrons. The molecule has 1 aromatic heterocycles. The molecule has 0 spiro atoms. The van der Waals surface area contributed by atoms with E-state index in [1.807, 2.05) is 58.4 Å². The highest BCUT2D eigenvalue weighted by Crippen LogP contribution is 2.40. The van der Waals surface area contributed by atoms with E-state index in [4.69, 9.17) is 21.1 Å². The third-order valence-electron chi connectivity index (χ3n) is 8.44. The lowest BCUT2D eigenvalue weighted by molar-refractivity contribution is -0.869. The fourth-order valence-electron chi connectivity index (χ4n) is 5.56. The van der Waals surface area contributed by atoms with Crippen LogP contribution >= 0.6 is 11.6 Å². The monoisotopic (exact) mass is 676 g/mol. The first-order valence-electron chi connectivity index (χ1n) is 16.3. The largest absolute Gasteiger partial charge is 0.493 e. The molecule has 48 heavy (non-hydrogen) atoms. The molecule has 11 heteroatoms. The molecule has 1 N–H and O–H groups in total. The van der Waals surface area contributed by atoms with Gasteiger partial charge in [-0.1, -0.05) is 35.9 Å². The molecule has 0 atom stereocenters. The van der Waals surface area contributed by atoms with E-state index in [-0.39, 0.29) is 34.5 Å².